The Bertz CT molecular complexity index is 1460. The lowest BCUT2D eigenvalue weighted by molar-refractivity contribution is -0.131. The fourth-order valence-corrected chi connectivity index (χ4v) is 4.82. The molecule has 1 fully saturated rings. The molecular formula is C29H25FN2O6. The number of hydrogen-bond donors (Lipinski definition) is 1. The van der Waals surface area contributed by atoms with Crippen LogP contribution in [0.3, 0.4) is 0 Å². The Morgan fingerprint density at radius 2 is 1.47 bits per heavy atom. The zero-order valence-electron chi connectivity index (χ0n) is 20.4. The van der Waals surface area contributed by atoms with Gasteiger partial charge in [0.1, 0.15) is 23.6 Å². The summed E-state index contributed by atoms with van der Waals surface area (Å²) in [6.45, 7) is 0. The molecule has 5 rings (SSSR count). The van der Waals surface area contributed by atoms with E-state index in [4.69, 9.17) is 14.2 Å². The maximum atomic E-state index is 16.2. The van der Waals surface area contributed by atoms with E-state index in [2.05, 4.69) is 4.98 Å². The number of nitrogens with zero attached hydrogens (tertiary/aromatic N) is 1. The Morgan fingerprint density at radius 3 is 2.00 bits per heavy atom. The van der Waals surface area contributed by atoms with Crippen LogP contribution in [0.25, 0.3) is 0 Å². The van der Waals surface area contributed by atoms with E-state index in [-0.39, 0.29) is 0 Å². The summed E-state index contributed by atoms with van der Waals surface area (Å²) in [6.07, 6.45) is -4.56. The Morgan fingerprint density at radius 1 is 0.895 bits per heavy atom. The maximum absolute atomic E-state index is 16.2. The molecular weight excluding hydrogens is 491 g/mol. The molecule has 9 heteroatoms. The second-order valence-electron chi connectivity index (χ2n) is 8.81. The number of aromatic amines is 1. The van der Waals surface area contributed by atoms with Crippen molar-refractivity contribution in [2.75, 3.05) is 7.11 Å². The number of H-pyrrole nitrogens is 1. The van der Waals surface area contributed by atoms with Gasteiger partial charge in [-0.2, -0.15) is 0 Å². The average molecular weight is 517 g/mol. The van der Waals surface area contributed by atoms with E-state index < -0.39 is 41.5 Å². The first kappa shape index (κ1) is 25.3. The minimum Gasteiger partial charge on any atom is -0.497 e. The molecule has 1 N–H and O–H groups in total. The van der Waals surface area contributed by atoms with Crippen LogP contribution < -0.4 is 16.0 Å². The summed E-state index contributed by atoms with van der Waals surface area (Å²) in [4.78, 5) is 38.1. The standard InChI is InChI=1S/C29H25FN2O6/c1-36-22-14-12-21(13-15-22)29(19-8-4-2-5-9-19,20-10-6-3-7-11-20)38-26-23(18-33)37-27(25(26)30)32-17-16-24(34)31-28(32)35/h2-18,23,25-27H,1H3,(H,31,34,35)/t23-,25+,26-,27-/m1/s1. The number of benzene rings is 3. The lowest BCUT2D eigenvalue weighted by Crippen LogP contribution is -2.44. The first-order valence-electron chi connectivity index (χ1n) is 12.0. The zero-order valence-corrected chi connectivity index (χ0v) is 20.4. The summed E-state index contributed by atoms with van der Waals surface area (Å²) < 4.78 is 34.8. The van der Waals surface area contributed by atoms with E-state index in [0.717, 1.165) is 16.8 Å². The van der Waals surface area contributed by atoms with Crippen LogP contribution in [0, 0.1) is 0 Å². The molecule has 1 aromatic heterocycles. The van der Waals surface area contributed by atoms with Crippen molar-refractivity contribution in [2.45, 2.75) is 30.2 Å². The molecule has 1 aliphatic rings. The van der Waals surface area contributed by atoms with Gasteiger partial charge in [-0.3, -0.25) is 14.3 Å². The van der Waals surface area contributed by atoms with Gasteiger partial charge in [0, 0.05) is 12.3 Å². The molecule has 0 saturated carbocycles. The lowest BCUT2D eigenvalue weighted by Gasteiger charge is -2.39. The molecule has 0 bridgehead atoms. The number of carbonyl (C=O) groups excluding carboxylic acids is 1. The molecule has 1 saturated heterocycles. The summed E-state index contributed by atoms with van der Waals surface area (Å²) in [5.74, 6) is 0.625. The van der Waals surface area contributed by atoms with E-state index in [1.54, 1.807) is 19.2 Å². The van der Waals surface area contributed by atoms with Gasteiger partial charge in [-0.25, -0.2) is 9.18 Å². The molecule has 38 heavy (non-hydrogen) atoms. The van der Waals surface area contributed by atoms with Gasteiger partial charge in [-0.15, -0.1) is 0 Å². The van der Waals surface area contributed by atoms with Crippen LogP contribution in [0.2, 0.25) is 0 Å². The van der Waals surface area contributed by atoms with E-state index in [1.165, 1.54) is 0 Å². The summed E-state index contributed by atoms with van der Waals surface area (Å²) >= 11 is 0. The highest BCUT2D eigenvalue weighted by atomic mass is 19.1. The SMILES string of the molecule is COc1ccc(C(O[C@H]2[C@H](F)[C@H](n3ccc(=O)[nH]c3=O)O[C@@H]2C=O)(c2ccccc2)c2ccccc2)cc1. The van der Waals surface area contributed by atoms with Gasteiger partial charge in [0.15, 0.2) is 18.7 Å². The predicted molar refractivity (Wildman–Crippen MR) is 137 cm³/mol. The maximum Gasteiger partial charge on any atom is 0.330 e. The summed E-state index contributed by atoms with van der Waals surface area (Å²) in [6, 6.07) is 26.8. The normalized spacial score (nSPS) is 21.2. The van der Waals surface area contributed by atoms with E-state index >= 15 is 4.39 Å². The van der Waals surface area contributed by atoms with Crippen molar-refractivity contribution in [3.8, 4) is 5.75 Å². The summed E-state index contributed by atoms with van der Waals surface area (Å²) in [5, 5.41) is 0. The molecule has 4 atom stereocenters. The van der Waals surface area contributed by atoms with Gasteiger partial charge in [0.2, 0.25) is 0 Å². The number of aldehydes is 1. The zero-order chi connectivity index (χ0) is 26.7. The number of aromatic nitrogens is 2. The molecule has 1 aliphatic heterocycles. The molecule has 4 aromatic rings. The van der Waals surface area contributed by atoms with Crippen molar-refractivity contribution in [2.24, 2.45) is 0 Å². The molecule has 0 aliphatic carbocycles. The van der Waals surface area contributed by atoms with Crippen LogP contribution in [0.15, 0.2) is 107 Å². The van der Waals surface area contributed by atoms with Crippen LogP contribution in [-0.2, 0) is 19.9 Å². The first-order valence-corrected chi connectivity index (χ1v) is 12.0. The van der Waals surface area contributed by atoms with Crippen LogP contribution in [-0.4, -0.2) is 41.3 Å². The van der Waals surface area contributed by atoms with Gasteiger partial charge in [0.05, 0.1) is 7.11 Å². The van der Waals surface area contributed by atoms with Gasteiger partial charge in [0.25, 0.3) is 5.56 Å². The Kier molecular flexibility index (Phi) is 7.04. The van der Waals surface area contributed by atoms with Crippen LogP contribution >= 0.6 is 0 Å². The van der Waals surface area contributed by atoms with E-state index in [9.17, 15) is 14.4 Å². The van der Waals surface area contributed by atoms with Gasteiger partial charge < -0.3 is 19.0 Å². The summed E-state index contributed by atoms with van der Waals surface area (Å²) in [5.41, 5.74) is -0.804. The number of ether oxygens (including phenoxy) is 3. The summed E-state index contributed by atoms with van der Waals surface area (Å²) in [7, 11) is 1.56. The number of hydrogen-bond acceptors (Lipinski definition) is 6. The van der Waals surface area contributed by atoms with Gasteiger partial charge in [-0.1, -0.05) is 72.8 Å². The topological polar surface area (TPSA) is 99.6 Å². The Labute approximate surface area is 217 Å². The number of halogens is 1. The van der Waals surface area contributed by atoms with Crippen LogP contribution in [0.5, 0.6) is 5.75 Å². The third-order valence-corrected chi connectivity index (χ3v) is 6.64. The molecule has 2 heterocycles. The van der Waals surface area contributed by atoms with Gasteiger partial charge >= 0.3 is 5.69 Å². The lowest BCUT2D eigenvalue weighted by atomic mass is 9.79. The highest BCUT2D eigenvalue weighted by Gasteiger charge is 2.52. The minimum absolute atomic E-state index is 0.461. The van der Waals surface area contributed by atoms with Crippen LogP contribution in [0.4, 0.5) is 4.39 Å². The van der Waals surface area contributed by atoms with E-state index in [0.29, 0.717) is 28.7 Å². The van der Waals surface area contributed by atoms with Crippen molar-refractivity contribution in [1.82, 2.24) is 9.55 Å². The highest BCUT2D eigenvalue weighted by Crippen LogP contribution is 2.45. The van der Waals surface area contributed by atoms with Gasteiger partial charge in [-0.05, 0) is 28.8 Å². The fraction of sp³-hybridized carbons (Fsp3) is 0.207. The Balaban J connectivity index is 1.67. The number of rotatable bonds is 8. The Hall–Kier alpha value is -4.34. The largest absolute Gasteiger partial charge is 0.497 e. The smallest absolute Gasteiger partial charge is 0.330 e. The quantitative estimate of drug-likeness (QED) is 0.285. The van der Waals surface area contributed by atoms with E-state index in [1.807, 2.05) is 72.8 Å². The van der Waals surface area contributed by atoms with Crippen molar-refractivity contribution in [3.63, 3.8) is 0 Å². The van der Waals surface area contributed by atoms with Crippen molar-refractivity contribution >= 4 is 6.29 Å². The molecule has 194 valence electrons. The van der Waals surface area contributed by atoms with Crippen LogP contribution in [0.1, 0.15) is 22.9 Å². The molecule has 3 aromatic carbocycles. The number of carbonyl (C=O) groups is 1. The first-order chi connectivity index (χ1) is 18.5. The second kappa shape index (κ2) is 10.6. The molecule has 0 amide bonds. The molecule has 8 nitrogen and oxygen atoms in total. The third kappa shape index (κ3) is 4.46. The predicted octanol–water partition coefficient (Wildman–Crippen LogP) is 3.36. The molecule has 0 spiro atoms. The van der Waals surface area contributed by atoms with Crippen molar-refractivity contribution in [3.05, 3.63) is 135 Å². The third-order valence-electron chi connectivity index (χ3n) is 6.64. The van der Waals surface area contributed by atoms with Crippen molar-refractivity contribution in [1.29, 1.82) is 0 Å². The van der Waals surface area contributed by atoms with Crippen molar-refractivity contribution < 1.29 is 23.4 Å². The second-order valence-corrected chi connectivity index (χ2v) is 8.81. The number of alkyl halides is 1. The monoisotopic (exact) mass is 516 g/mol. The fourth-order valence-electron chi connectivity index (χ4n) is 4.82. The highest BCUT2D eigenvalue weighted by molar-refractivity contribution is 5.58. The number of nitrogens with one attached hydrogen (secondary N) is 1. The number of methoxy groups -OCH3 is 1. The molecule has 0 radical (unpaired) electrons. The average Bonchev–Trinajstić information content (AvgIpc) is 3.27. The minimum atomic E-state index is -1.93. The molecule has 0 unspecified atom stereocenters.